The Kier molecular flexibility index (Phi) is 3.50. The molecule has 0 saturated carbocycles. The van der Waals surface area contributed by atoms with Crippen molar-refractivity contribution in [2.24, 2.45) is 0 Å². The lowest BCUT2D eigenvalue weighted by Gasteiger charge is -2.07. The molecule has 2 aromatic heterocycles. The van der Waals surface area contributed by atoms with Gasteiger partial charge in [0.1, 0.15) is 5.75 Å². The summed E-state index contributed by atoms with van der Waals surface area (Å²) in [6.07, 6.45) is 0. The molecular weight excluding hydrogens is 282 g/mol. The summed E-state index contributed by atoms with van der Waals surface area (Å²) in [6, 6.07) is 8.86. The van der Waals surface area contributed by atoms with Crippen LogP contribution in [0.1, 0.15) is 21.7 Å². The first-order valence-electron chi connectivity index (χ1n) is 6.77. The fraction of sp³-hybridized carbons (Fsp3) is 0.188. The third-order valence-electron chi connectivity index (χ3n) is 3.34. The van der Waals surface area contributed by atoms with Crippen molar-refractivity contribution in [3.05, 3.63) is 47.3 Å². The van der Waals surface area contributed by atoms with Crippen molar-refractivity contribution in [1.29, 1.82) is 0 Å². The average Bonchev–Trinajstić information content (AvgIpc) is 2.88. The zero-order chi connectivity index (χ0) is 15.7. The van der Waals surface area contributed by atoms with Crippen LogP contribution in [0.5, 0.6) is 5.75 Å². The SMILES string of the molecule is COc1ccc(NC(=O)c2cc(C)nc3onc(C)c23)cc1. The lowest BCUT2D eigenvalue weighted by Crippen LogP contribution is -2.13. The summed E-state index contributed by atoms with van der Waals surface area (Å²) in [5.74, 6) is 0.502. The number of ether oxygens (including phenoxy) is 1. The second-order valence-corrected chi connectivity index (χ2v) is 4.94. The van der Waals surface area contributed by atoms with Crippen molar-refractivity contribution >= 4 is 22.7 Å². The van der Waals surface area contributed by atoms with E-state index in [0.29, 0.717) is 33.7 Å². The minimum absolute atomic E-state index is 0.230. The second kappa shape index (κ2) is 5.48. The monoisotopic (exact) mass is 297 g/mol. The van der Waals surface area contributed by atoms with Crippen LogP contribution >= 0.6 is 0 Å². The Bertz CT molecular complexity index is 838. The van der Waals surface area contributed by atoms with Crippen LogP contribution in [0.2, 0.25) is 0 Å². The van der Waals surface area contributed by atoms with Crippen LogP contribution in [0.15, 0.2) is 34.9 Å². The van der Waals surface area contributed by atoms with E-state index in [1.807, 2.05) is 0 Å². The average molecular weight is 297 g/mol. The summed E-state index contributed by atoms with van der Waals surface area (Å²) < 4.78 is 10.2. The third-order valence-corrected chi connectivity index (χ3v) is 3.34. The molecule has 0 atom stereocenters. The topological polar surface area (TPSA) is 77.2 Å². The third kappa shape index (κ3) is 2.50. The van der Waals surface area contributed by atoms with Crippen molar-refractivity contribution in [2.75, 3.05) is 12.4 Å². The van der Waals surface area contributed by atoms with E-state index < -0.39 is 0 Å². The maximum Gasteiger partial charge on any atom is 0.258 e. The Hall–Kier alpha value is -2.89. The first kappa shape index (κ1) is 14.1. The van der Waals surface area contributed by atoms with Gasteiger partial charge in [-0.25, -0.2) is 4.98 Å². The smallest absolute Gasteiger partial charge is 0.258 e. The van der Waals surface area contributed by atoms with Gasteiger partial charge in [-0.3, -0.25) is 4.79 Å². The van der Waals surface area contributed by atoms with Crippen LogP contribution in [-0.4, -0.2) is 23.2 Å². The molecule has 3 rings (SSSR count). The number of hydrogen-bond donors (Lipinski definition) is 1. The van der Waals surface area contributed by atoms with Gasteiger partial charge < -0.3 is 14.6 Å². The van der Waals surface area contributed by atoms with E-state index in [4.69, 9.17) is 9.26 Å². The minimum Gasteiger partial charge on any atom is -0.497 e. The molecule has 0 radical (unpaired) electrons. The van der Waals surface area contributed by atoms with Gasteiger partial charge in [0.2, 0.25) is 0 Å². The van der Waals surface area contributed by atoms with Crippen LogP contribution in [0.3, 0.4) is 0 Å². The number of rotatable bonds is 3. The zero-order valence-corrected chi connectivity index (χ0v) is 12.5. The Morgan fingerprint density at radius 1 is 1.23 bits per heavy atom. The molecule has 0 aliphatic rings. The van der Waals surface area contributed by atoms with Crippen LogP contribution in [-0.2, 0) is 0 Å². The number of pyridine rings is 1. The van der Waals surface area contributed by atoms with Crippen molar-refractivity contribution in [2.45, 2.75) is 13.8 Å². The number of nitrogens with one attached hydrogen (secondary N) is 1. The van der Waals surface area contributed by atoms with Gasteiger partial charge in [-0.05, 0) is 44.2 Å². The van der Waals surface area contributed by atoms with E-state index in [1.54, 1.807) is 51.3 Å². The number of benzene rings is 1. The molecule has 3 aromatic rings. The molecule has 0 saturated heterocycles. The van der Waals surface area contributed by atoms with Crippen LogP contribution < -0.4 is 10.1 Å². The molecule has 2 heterocycles. The number of carbonyl (C=O) groups excluding carboxylic acids is 1. The summed E-state index contributed by atoms with van der Waals surface area (Å²) in [5.41, 5.74) is 2.89. The predicted octanol–water partition coefficient (Wildman–Crippen LogP) is 3.10. The molecule has 0 bridgehead atoms. The Morgan fingerprint density at radius 2 is 1.95 bits per heavy atom. The first-order chi connectivity index (χ1) is 10.6. The number of amides is 1. The number of nitrogens with zero attached hydrogens (tertiary/aromatic N) is 2. The first-order valence-corrected chi connectivity index (χ1v) is 6.77. The highest BCUT2D eigenvalue weighted by Crippen LogP contribution is 2.23. The molecule has 6 heteroatoms. The number of carbonyl (C=O) groups is 1. The normalized spacial score (nSPS) is 10.7. The highest BCUT2D eigenvalue weighted by molar-refractivity contribution is 6.12. The van der Waals surface area contributed by atoms with E-state index in [-0.39, 0.29) is 5.91 Å². The number of aryl methyl sites for hydroxylation is 2. The highest BCUT2D eigenvalue weighted by atomic mass is 16.5. The summed E-state index contributed by atoms with van der Waals surface area (Å²) in [7, 11) is 1.60. The largest absolute Gasteiger partial charge is 0.497 e. The summed E-state index contributed by atoms with van der Waals surface area (Å²) in [4.78, 5) is 16.8. The zero-order valence-electron chi connectivity index (χ0n) is 12.5. The lowest BCUT2D eigenvalue weighted by molar-refractivity contribution is 0.102. The molecule has 112 valence electrons. The van der Waals surface area contributed by atoms with E-state index in [9.17, 15) is 4.79 Å². The molecule has 0 aliphatic carbocycles. The van der Waals surface area contributed by atoms with Crippen LogP contribution in [0.25, 0.3) is 11.1 Å². The van der Waals surface area contributed by atoms with Gasteiger partial charge in [0, 0.05) is 11.4 Å². The van der Waals surface area contributed by atoms with Crippen LogP contribution in [0.4, 0.5) is 5.69 Å². The molecule has 0 unspecified atom stereocenters. The lowest BCUT2D eigenvalue weighted by atomic mass is 10.1. The van der Waals surface area contributed by atoms with Gasteiger partial charge in [-0.2, -0.15) is 0 Å². The van der Waals surface area contributed by atoms with E-state index in [0.717, 1.165) is 5.75 Å². The molecule has 22 heavy (non-hydrogen) atoms. The van der Waals surface area contributed by atoms with Gasteiger partial charge in [-0.15, -0.1) is 0 Å². The number of hydrogen-bond acceptors (Lipinski definition) is 5. The van der Waals surface area contributed by atoms with E-state index >= 15 is 0 Å². The standard InChI is InChI=1S/C16H15N3O3/c1-9-8-13(14-10(2)19-22-16(14)17-9)15(20)18-11-4-6-12(21-3)7-5-11/h4-8H,1-3H3,(H,18,20). The molecule has 1 N–H and O–H groups in total. The maximum atomic E-state index is 12.5. The summed E-state index contributed by atoms with van der Waals surface area (Å²) >= 11 is 0. The van der Waals surface area contributed by atoms with Gasteiger partial charge in [0.05, 0.1) is 23.8 Å². The van der Waals surface area contributed by atoms with Crippen molar-refractivity contribution in [3.8, 4) is 5.75 Å². The number of fused-ring (bicyclic) bond motifs is 1. The predicted molar refractivity (Wildman–Crippen MR) is 82.2 cm³/mol. The highest BCUT2D eigenvalue weighted by Gasteiger charge is 2.17. The quantitative estimate of drug-likeness (QED) is 0.803. The van der Waals surface area contributed by atoms with E-state index in [1.165, 1.54) is 0 Å². The number of methoxy groups -OCH3 is 1. The summed E-state index contributed by atoms with van der Waals surface area (Å²) in [5, 5.41) is 7.37. The van der Waals surface area contributed by atoms with Gasteiger partial charge in [-0.1, -0.05) is 5.16 Å². The molecule has 0 aliphatic heterocycles. The maximum absolute atomic E-state index is 12.5. The fourth-order valence-corrected chi connectivity index (χ4v) is 2.27. The van der Waals surface area contributed by atoms with Crippen molar-refractivity contribution < 1.29 is 14.1 Å². The number of anilines is 1. The van der Waals surface area contributed by atoms with Crippen molar-refractivity contribution in [3.63, 3.8) is 0 Å². The molecule has 0 spiro atoms. The second-order valence-electron chi connectivity index (χ2n) is 4.94. The molecule has 1 aromatic carbocycles. The van der Waals surface area contributed by atoms with Gasteiger partial charge >= 0.3 is 0 Å². The molecule has 0 fully saturated rings. The Morgan fingerprint density at radius 3 is 2.64 bits per heavy atom. The summed E-state index contributed by atoms with van der Waals surface area (Å²) in [6.45, 7) is 3.59. The van der Waals surface area contributed by atoms with Crippen LogP contribution in [0, 0.1) is 13.8 Å². The minimum atomic E-state index is -0.230. The molecule has 1 amide bonds. The fourth-order valence-electron chi connectivity index (χ4n) is 2.27. The Balaban J connectivity index is 1.96. The van der Waals surface area contributed by atoms with Gasteiger partial charge in [0.15, 0.2) is 0 Å². The molecule has 6 nitrogen and oxygen atoms in total. The van der Waals surface area contributed by atoms with Gasteiger partial charge in [0.25, 0.3) is 11.6 Å². The van der Waals surface area contributed by atoms with Crippen molar-refractivity contribution in [1.82, 2.24) is 10.1 Å². The van der Waals surface area contributed by atoms with E-state index in [2.05, 4.69) is 15.5 Å². The number of aromatic nitrogens is 2. The molecular formula is C16H15N3O3. The Labute approximate surface area is 127 Å².